The van der Waals surface area contributed by atoms with Crippen LogP contribution in [0.15, 0.2) is 28.9 Å². The molecule has 7 nitrogen and oxygen atoms in total. The third-order valence-corrected chi connectivity index (χ3v) is 5.43. The lowest BCUT2D eigenvalue weighted by Crippen LogP contribution is -2.20. The number of amides is 1. The van der Waals surface area contributed by atoms with E-state index in [2.05, 4.69) is 16.1 Å². The van der Waals surface area contributed by atoms with Gasteiger partial charge in [0.25, 0.3) is 0 Å². The van der Waals surface area contributed by atoms with Gasteiger partial charge in [-0.25, -0.2) is 4.79 Å². The average Bonchev–Trinajstić information content (AvgIpc) is 3.31. The Hall–Kier alpha value is -3.05. The molecule has 2 heterocycles. The second kappa shape index (κ2) is 8.56. The maximum absolute atomic E-state index is 12.1. The smallest absolute Gasteiger partial charge is 0.465 e. The van der Waals surface area contributed by atoms with E-state index in [1.54, 1.807) is 18.2 Å². The first kappa shape index (κ1) is 18.7. The molecule has 1 atom stereocenters. The minimum Gasteiger partial charge on any atom is -0.465 e. The Kier molecular flexibility index (Phi) is 5.94. The lowest BCUT2D eigenvalue weighted by Gasteiger charge is -2.21. The topological polar surface area (TPSA) is 102 Å². The maximum atomic E-state index is 12.1. The summed E-state index contributed by atoms with van der Waals surface area (Å²) in [7, 11) is 1.27. The molecule has 0 saturated carbocycles. The van der Waals surface area contributed by atoms with Crippen molar-refractivity contribution in [3.05, 3.63) is 46.2 Å². The monoisotopic (exact) mass is 386 g/mol. The van der Waals surface area contributed by atoms with Gasteiger partial charge in [-0.3, -0.25) is 4.79 Å². The van der Waals surface area contributed by atoms with Crippen molar-refractivity contribution < 1.29 is 23.5 Å². The van der Waals surface area contributed by atoms with Gasteiger partial charge in [0, 0.05) is 11.0 Å². The summed E-state index contributed by atoms with van der Waals surface area (Å²) in [5.41, 5.74) is 1.49. The van der Waals surface area contributed by atoms with Crippen LogP contribution in [0.25, 0.3) is 6.08 Å². The second-order valence-electron chi connectivity index (χ2n) is 6.03. The van der Waals surface area contributed by atoms with E-state index < -0.39 is 6.16 Å². The zero-order valence-electron chi connectivity index (χ0n) is 14.7. The Morgan fingerprint density at radius 1 is 1.52 bits per heavy atom. The molecule has 0 spiro atoms. The molecule has 8 heteroatoms. The number of nitrogens with one attached hydrogen (secondary N) is 1. The molecule has 3 rings (SSSR count). The van der Waals surface area contributed by atoms with Crippen molar-refractivity contribution in [1.29, 1.82) is 5.26 Å². The Morgan fingerprint density at radius 2 is 2.37 bits per heavy atom. The summed E-state index contributed by atoms with van der Waals surface area (Å²) in [4.78, 5) is 24.3. The molecule has 0 radical (unpaired) electrons. The number of hydrogen-bond donors (Lipinski definition) is 1. The van der Waals surface area contributed by atoms with Gasteiger partial charge in [-0.05, 0) is 49.0 Å². The number of methoxy groups -OCH3 is 1. The van der Waals surface area contributed by atoms with Crippen LogP contribution in [-0.4, -0.2) is 25.8 Å². The molecule has 0 aromatic carbocycles. The molecule has 2 aromatic heterocycles. The van der Waals surface area contributed by atoms with Crippen molar-refractivity contribution in [2.24, 2.45) is 5.92 Å². The zero-order chi connectivity index (χ0) is 19.2. The van der Waals surface area contributed by atoms with E-state index in [1.807, 2.05) is 0 Å². The van der Waals surface area contributed by atoms with E-state index in [4.69, 9.17) is 9.15 Å². The lowest BCUT2D eigenvalue weighted by atomic mass is 9.88. The fourth-order valence-corrected chi connectivity index (χ4v) is 4.26. The van der Waals surface area contributed by atoms with Crippen LogP contribution in [0.2, 0.25) is 0 Å². The van der Waals surface area contributed by atoms with Gasteiger partial charge in [-0.2, -0.15) is 5.26 Å². The van der Waals surface area contributed by atoms with E-state index in [0.29, 0.717) is 29.2 Å². The number of furan rings is 1. The van der Waals surface area contributed by atoms with Crippen LogP contribution in [0.1, 0.15) is 28.2 Å². The molecular formula is C19H18N2O5S. The molecule has 1 aliphatic rings. The maximum Gasteiger partial charge on any atom is 0.507 e. The number of carbonyl (C=O) groups excluding carboxylic acids is 2. The highest BCUT2D eigenvalue weighted by molar-refractivity contribution is 7.16. The third-order valence-electron chi connectivity index (χ3n) is 4.26. The Labute approximate surface area is 160 Å². The number of nitriles is 1. The van der Waals surface area contributed by atoms with Crippen LogP contribution >= 0.6 is 11.3 Å². The van der Waals surface area contributed by atoms with E-state index in [1.165, 1.54) is 30.8 Å². The molecule has 140 valence electrons. The Balaban J connectivity index is 1.68. The van der Waals surface area contributed by atoms with Crippen molar-refractivity contribution in [2.75, 3.05) is 19.0 Å². The molecule has 0 fully saturated rings. The van der Waals surface area contributed by atoms with E-state index >= 15 is 0 Å². The highest BCUT2D eigenvalue weighted by Crippen LogP contribution is 2.39. The number of carbonyl (C=O) groups is 2. The van der Waals surface area contributed by atoms with E-state index in [0.717, 1.165) is 16.9 Å². The summed E-state index contributed by atoms with van der Waals surface area (Å²) >= 11 is 1.40. The zero-order valence-corrected chi connectivity index (χ0v) is 15.5. The van der Waals surface area contributed by atoms with Gasteiger partial charge in [0.05, 0.1) is 25.5 Å². The minimum atomic E-state index is -0.694. The average molecular weight is 386 g/mol. The summed E-state index contributed by atoms with van der Waals surface area (Å²) in [5.74, 6) is 0.417. The van der Waals surface area contributed by atoms with Crippen LogP contribution in [0.4, 0.5) is 9.80 Å². The van der Waals surface area contributed by atoms with Gasteiger partial charge in [0.15, 0.2) is 0 Å². The van der Waals surface area contributed by atoms with Gasteiger partial charge in [-0.1, -0.05) is 0 Å². The molecule has 1 amide bonds. The normalized spacial score (nSPS) is 15.8. The fraction of sp³-hybridized carbons (Fsp3) is 0.316. The summed E-state index contributed by atoms with van der Waals surface area (Å²) in [6, 6.07) is 5.68. The van der Waals surface area contributed by atoms with Crippen LogP contribution in [0.3, 0.4) is 0 Å². The van der Waals surface area contributed by atoms with Crippen molar-refractivity contribution in [2.45, 2.75) is 19.3 Å². The molecule has 1 aliphatic carbocycles. The van der Waals surface area contributed by atoms with Crippen LogP contribution in [0.5, 0.6) is 0 Å². The van der Waals surface area contributed by atoms with Crippen LogP contribution < -0.4 is 5.32 Å². The molecule has 0 saturated heterocycles. The summed E-state index contributed by atoms with van der Waals surface area (Å²) in [6.07, 6.45) is 5.98. The minimum absolute atomic E-state index is 0.171. The number of anilines is 1. The second-order valence-corrected chi connectivity index (χ2v) is 7.14. The largest absolute Gasteiger partial charge is 0.507 e. The summed E-state index contributed by atoms with van der Waals surface area (Å²) < 4.78 is 14.7. The summed E-state index contributed by atoms with van der Waals surface area (Å²) in [5, 5.41) is 12.8. The number of fused-ring (bicyclic) bond motifs is 1. The first-order valence-corrected chi connectivity index (χ1v) is 9.20. The Bertz CT molecular complexity index is 892. The van der Waals surface area contributed by atoms with Crippen molar-refractivity contribution in [1.82, 2.24) is 0 Å². The standard InChI is InChI=1S/C19H18N2O5S/c1-24-19(23)26-11-12-4-6-14-15(10-20)18(27-16(14)9-12)21-17(22)7-5-13-3-2-8-25-13/h2-3,5,7-8,12H,4,6,9,11H2,1H3,(H,21,22)/b7-5+. The molecule has 1 N–H and O–H groups in total. The molecule has 2 aromatic rings. The predicted molar refractivity (Wildman–Crippen MR) is 99.3 cm³/mol. The SMILES string of the molecule is COC(=O)OCC1CCc2c(sc(NC(=O)/C=C/c3ccco3)c2C#N)C1. The molecular weight excluding hydrogens is 368 g/mol. The van der Waals surface area contributed by atoms with Crippen LogP contribution in [0, 0.1) is 17.2 Å². The van der Waals surface area contributed by atoms with Gasteiger partial charge in [0.1, 0.15) is 16.8 Å². The predicted octanol–water partition coefficient (Wildman–Crippen LogP) is 3.75. The highest BCUT2D eigenvalue weighted by atomic mass is 32.1. The first-order chi connectivity index (χ1) is 13.1. The van der Waals surface area contributed by atoms with Crippen molar-refractivity contribution >= 4 is 34.5 Å². The molecule has 0 bridgehead atoms. The van der Waals surface area contributed by atoms with Crippen LogP contribution in [-0.2, 0) is 27.1 Å². The highest BCUT2D eigenvalue weighted by Gasteiger charge is 2.27. The number of rotatable bonds is 5. The Morgan fingerprint density at radius 3 is 3.07 bits per heavy atom. The van der Waals surface area contributed by atoms with E-state index in [9.17, 15) is 14.9 Å². The molecule has 27 heavy (non-hydrogen) atoms. The fourth-order valence-electron chi connectivity index (χ4n) is 2.95. The van der Waals surface area contributed by atoms with Gasteiger partial charge in [0.2, 0.25) is 5.91 Å². The number of ether oxygens (including phenoxy) is 2. The van der Waals surface area contributed by atoms with E-state index in [-0.39, 0.29) is 18.4 Å². The lowest BCUT2D eigenvalue weighted by molar-refractivity contribution is -0.111. The van der Waals surface area contributed by atoms with Gasteiger partial charge >= 0.3 is 6.16 Å². The van der Waals surface area contributed by atoms with Crippen molar-refractivity contribution in [3.8, 4) is 6.07 Å². The molecule has 1 unspecified atom stereocenters. The number of thiophene rings is 1. The quantitative estimate of drug-likeness (QED) is 0.620. The molecule has 0 aliphatic heterocycles. The third kappa shape index (κ3) is 4.57. The summed E-state index contributed by atoms with van der Waals surface area (Å²) in [6.45, 7) is 0.277. The number of hydrogen-bond acceptors (Lipinski definition) is 7. The van der Waals surface area contributed by atoms with Gasteiger partial charge < -0.3 is 19.2 Å². The van der Waals surface area contributed by atoms with Gasteiger partial charge in [-0.15, -0.1) is 11.3 Å². The van der Waals surface area contributed by atoms with Crippen molar-refractivity contribution in [3.63, 3.8) is 0 Å². The number of nitrogens with zero attached hydrogens (tertiary/aromatic N) is 1. The first-order valence-electron chi connectivity index (χ1n) is 8.38.